The Hall–Kier alpha value is -2.05. The zero-order chi connectivity index (χ0) is 16.2. The Balaban J connectivity index is 2.77. The van der Waals surface area contributed by atoms with Crippen LogP contribution in [0.15, 0.2) is 24.3 Å². The van der Waals surface area contributed by atoms with Crippen molar-refractivity contribution in [1.82, 2.24) is 5.32 Å². The second-order valence-electron chi connectivity index (χ2n) is 5.00. The minimum absolute atomic E-state index is 0.176. The first-order valence-corrected chi connectivity index (χ1v) is 6.29. The second kappa shape index (κ2) is 6.60. The molecule has 0 aliphatic carbocycles. The molecule has 1 amide bonds. The van der Waals surface area contributed by atoms with Crippen LogP contribution in [0.3, 0.4) is 0 Å². The lowest BCUT2D eigenvalue weighted by Crippen LogP contribution is -2.44. The van der Waals surface area contributed by atoms with Crippen LogP contribution < -0.4 is 5.32 Å². The van der Waals surface area contributed by atoms with Gasteiger partial charge in [0.25, 0.3) is 0 Å². The number of rotatable bonds is 5. The maximum absolute atomic E-state index is 12.5. The molecule has 2 N–H and O–H groups in total. The first-order chi connectivity index (χ1) is 9.61. The highest BCUT2D eigenvalue weighted by molar-refractivity contribution is 5.85. The summed E-state index contributed by atoms with van der Waals surface area (Å²) in [7, 11) is 0. The molecule has 1 unspecified atom stereocenters. The zero-order valence-corrected chi connectivity index (χ0v) is 11.6. The third-order valence-electron chi connectivity index (χ3n) is 2.87. The molecule has 116 valence electrons. The Labute approximate surface area is 120 Å². The van der Waals surface area contributed by atoms with Gasteiger partial charge >= 0.3 is 12.1 Å². The van der Waals surface area contributed by atoms with Crippen LogP contribution in [0.1, 0.15) is 25.0 Å². The Morgan fingerprint density at radius 3 is 2.38 bits per heavy atom. The zero-order valence-electron chi connectivity index (χ0n) is 11.6. The van der Waals surface area contributed by atoms with Gasteiger partial charge in [-0.05, 0) is 17.5 Å². The lowest BCUT2D eigenvalue weighted by atomic mass is 10.0. The van der Waals surface area contributed by atoms with E-state index in [2.05, 4.69) is 5.32 Å². The molecule has 7 heteroatoms. The van der Waals surface area contributed by atoms with Gasteiger partial charge < -0.3 is 10.4 Å². The van der Waals surface area contributed by atoms with Gasteiger partial charge in [0, 0.05) is 0 Å². The summed E-state index contributed by atoms with van der Waals surface area (Å²) in [6.07, 6.45) is -4.78. The number of alkyl halides is 3. The fraction of sp³-hybridized carbons (Fsp3) is 0.429. The molecule has 1 rings (SSSR count). The largest absolute Gasteiger partial charge is 0.480 e. The summed E-state index contributed by atoms with van der Waals surface area (Å²) in [5.74, 6) is -2.13. The van der Waals surface area contributed by atoms with Crippen molar-refractivity contribution < 1.29 is 27.9 Å². The highest BCUT2D eigenvalue weighted by Gasteiger charge is 2.30. The molecule has 0 heterocycles. The summed E-state index contributed by atoms with van der Waals surface area (Å²) >= 11 is 0. The second-order valence-corrected chi connectivity index (χ2v) is 5.00. The molecule has 0 fully saturated rings. The van der Waals surface area contributed by atoms with Gasteiger partial charge in [-0.15, -0.1) is 0 Å². The van der Waals surface area contributed by atoms with Crippen molar-refractivity contribution >= 4 is 11.9 Å². The number of nitrogens with one attached hydrogen (secondary N) is 1. The molecule has 0 aromatic heterocycles. The maximum Gasteiger partial charge on any atom is 0.416 e. The number of benzene rings is 1. The molecule has 0 radical (unpaired) electrons. The molecular formula is C14H16F3NO3. The quantitative estimate of drug-likeness (QED) is 0.878. The predicted molar refractivity (Wildman–Crippen MR) is 69.6 cm³/mol. The third kappa shape index (κ3) is 5.09. The number of halogens is 3. The van der Waals surface area contributed by atoms with Crippen molar-refractivity contribution in [3.05, 3.63) is 35.4 Å². The van der Waals surface area contributed by atoms with E-state index < -0.39 is 29.7 Å². The molecule has 1 aromatic carbocycles. The minimum Gasteiger partial charge on any atom is -0.480 e. The fourth-order valence-corrected chi connectivity index (χ4v) is 1.78. The van der Waals surface area contributed by atoms with Crippen molar-refractivity contribution in [2.45, 2.75) is 32.5 Å². The average molecular weight is 303 g/mol. The topological polar surface area (TPSA) is 66.4 Å². The van der Waals surface area contributed by atoms with Gasteiger partial charge in [0.05, 0.1) is 12.0 Å². The van der Waals surface area contributed by atoms with E-state index in [1.54, 1.807) is 13.8 Å². The maximum atomic E-state index is 12.5. The van der Waals surface area contributed by atoms with Gasteiger partial charge in [-0.2, -0.15) is 13.2 Å². The van der Waals surface area contributed by atoms with Crippen LogP contribution in [0.5, 0.6) is 0 Å². The summed E-state index contributed by atoms with van der Waals surface area (Å²) in [5.41, 5.74) is -0.665. The van der Waals surface area contributed by atoms with Crippen LogP contribution in [0, 0.1) is 5.92 Å². The minimum atomic E-state index is -4.48. The van der Waals surface area contributed by atoms with E-state index in [-0.39, 0.29) is 17.9 Å². The van der Waals surface area contributed by atoms with Crippen LogP contribution in [-0.2, 0) is 22.2 Å². The van der Waals surface area contributed by atoms with Crippen LogP contribution in [0.2, 0.25) is 0 Å². The standard InChI is InChI=1S/C14H16F3NO3/c1-8(2)12(13(20)21)18-11(19)7-9-4-3-5-10(6-9)14(15,16)17/h3-6,8,12H,7H2,1-2H3,(H,18,19)(H,20,21). The summed E-state index contributed by atoms with van der Waals surface area (Å²) in [4.78, 5) is 22.7. The monoisotopic (exact) mass is 303 g/mol. The molecule has 4 nitrogen and oxygen atoms in total. The van der Waals surface area contributed by atoms with Crippen LogP contribution in [-0.4, -0.2) is 23.0 Å². The van der Waals surface area contributed by atoms with Crippen molar-refractivity contribution in [3.8, 4) is 0 Å². The van der Waals surface area contributed by atoms with Crippen molar-refractivity contribution in [2.75, 3.05) is 0 Å². The number of carbonyl (C=O) groups excluding carboxylic acids is 1. The summed E-state index contributed by atoms with van der Waals surface area (Å²) in [6, 6.07) is 3.33. The molecule has 0 saturated heterocycles. The van der Waals surface area contributed by atoms with Gasteiger partial charge in [0.1, 0.15) is 6.04 Å². The number of hydrogen-bond acceptors (Lipinski definition) is 2. The summed E-state index contributed by atoms with van der Waals surface area (Å²) in [5, 5.41) is 11.2. The number of carboxylic acid groups (broad SMARTS) is 1. The molecule has 0 bridgehead atoms. The number of amides is 1. The normalized spacial score (nSPS) is 13.0. The van der Waals surface area contributed by atoms with Gasteiger partial charge in [-0.1, -0.05) is 32.0 Å². The molecule has 1 atom stereocenters. The Morgan fingerprint density at radius 1 is 1.29 bits per heavy atom. The molecule has 0 aliphatic rings. The van der Waals surface area contributed by atoms with E-state index in [4.69, 9.17) is 5.11 Å². The van der Waals surface area contributed by atoms with E-state index in [1.807, 2.05) is 0 Å². The van der Waals surface area contributed by atoms with Gasteiger partial charge in [0.15, 0.2) is 0 Å². The summed E-state index contributed by atoms with van der Waals surface area (Å²) in [6.45, 7) is 3.26. The lowest BCUT2D eigenvalue weighted by Gasteiger charge is -2.18. The summed E-state index contributed by atoms with van der Waals surface area (Å²) < 4.78 is 37.6. The smallest absolute Gasteiger partial charge is 0.416 e. The Bertz CT molecular complexity index is 526. The van der Waals surface area contributed by atoms with Crippen molar-refractivity contribution in [3.63, 3.8) is 0 Å². The Kier molecular flexibility index (Phi) is 5.34. The Morgan fingerprint density at radius 2 is 1.90 bits per heavy atom. The number of aliphatic carboxylic acids is 1. The molecule has 1 aromatic rings. The fourth-order valence-electron chi connectivity index (χ4n) is 1.78. The molecule has 0 aliphatic heterocycles. The molecule has 0 spiro atoms. The van der Waals surface area contributed by atoms with Gasteiger partial charge in [0.2, 0.25) is 5.91 Å². The highest BCUT2D eigenvalue weighted by Crippen LogP contribution is 2.29. The number of hydrogen-bond donors (Lipinski definition) is 2. The van der Waals surface area contributed by atoms with Crippen molar-refractivity contribution in [2.24, 2.45) is 5.92 Å². The lowest BCUT2D eigenvalue weighted by molar-refractivity contribution is -0.143. The predicted octanol–water partition coefficient (Wildman–Crippen LogP) is 2.47. The van der Waals surface area contributed by atoms with E-state index in [9.17, 15) is 22.8 Å². The van der Waals surface area contributed by atoms with E-state index >= 15 is 0 Å². The average Bonchev–Trinajstić information content (AvgIpc) is 2.34. The first kappa shape index (κ1) is 17.0. The van der Waals surface area contributed by atoms with Crippen LogP contribution in [0.25, 0.3) is 0 Å². The molecular weight excluding hydrogens is 287 g/mol. The van der Waals surface area contributed by atoms with E-state index in [0.29, 0.717) is 0 Å². The number of carbonyl (C=O) groups is 2. The van der Waals surface area contributed by atoms with Gasteiger partial charge in [-0.25, -0.2) is 4.79 Å². The SMILES string of the molecule is CC(C)C(NC(=O)Cc1cccc(C(F)(F)F)c1)C(=O)O. The van der Waals surface area contributed by atoms with Crippen LogP contribution in [0.4, 0.5) is 13.2 Å². The molecule has 0 saturated carbocycles. The molecule has 21 heavy (non-hydrogen) atoms. The van der Waals surface area contributed by atoms with E-state index in [1.165, 1.54) is 12.1 Å². The number of carboxylic acids is 1. The van der Waals surface area contributed by atoms with Crippen molar-refractivity contribution in [1.29, 1.82) is 0 Å². The third-order valence-corrected chi connectivity index (χ3v) is 2.87. The van der Waals surface area contributed by atoms with Gasteiger partial charge in [-0.3, -0.25) is 4.79 Å². The first-order valence-electron chi connectivity index (χ1n) is 6.29. The highest BCUT2D eigenvalue weighted by atomic mass is 19.4. The van der Waals surface area contributed by atoms with Crippen LogP contribution >= 0.6 is 0 Å². The van der Waals surface area contributed by atoms with E-state index in [0.717, 1.165) is 12.1 Å².